The van der Waals surface area contributed by atoms with Crippen molar-refractivity contribution < 1.29 is 19.2 Å². The van der Waals surface area contributed by atoms with Gasteiger partial charge in [0.25, 0.3) is 5.69 Å². The minimum atomic E-state index is -0.491. The zero-order valence-corrected chi connectivity index (χ0v) is 12.2. The van der Waals surface area contributed by atoms with Crippen LogP contribution in [0.4, 0.5) is 5.69 Å². The van der Waals surface area contributed by atoms with Crippen molar-refractivity contribution in [2.24, 2.45) is 0 Å². The fourth-order valence-corrected chi connectivity index (χ4v) is 2.53. The third kappa shape index (κ3) is 4.34. The summed E-state index contributed by atoms with van der Waals surface area (Å²) in [6.45, 7) is 3.97. The first-order valence-corrected chi connectivity index (χ1v) is 7.00. The number of ether oxygens (including phenoxy) is 2. The number of hydrogen-bond acceptors (Lipinski definition) is 5. The quantitative estimate of drug-likeness (QED) is 0.474. The van der Waals surface area contributed by atoms with Crippen LogP contribution < -0.4 is 0 Å². The Morgan fingerprint density at radius 3 is 2.38 bits per heavy atom. The lowest BCUT2D eigenvalue weighted by molar-refractivity contribution is -0.384. The monoisotopic (exact) mass is 293 g/mol. The lowest BCUT2D eigenvalue weighted by Crippen LogP contribution is -2.35. The minimum absolute atomic E-state index is 0.0120. The molecule has 2 rings (SSSR count). The molecule has 1 fully saturated rings. The standard InChI is InChI=1S/C15H19NO5/c1-10-7-14(8-11(2)21-10)20-9-15(17)12-3-5-13(6-4-12)16(18)19/h3-6,10-11,14H,7-9H2,1-2H3. The maximum atomic E-state index is 12.0. The van der Waals surface area contributed by atoms with Crippen LogP contribution >= 0.6 is 0 Å². The molecule has 0 spiro atoms. The van der Waals surface area contributed by atoms with Gasteiger partial charge in [0.2, 0.25) is 0 Å². The van der Waals surface area contributed by atoms with Crippen LogP contribution in [0.15, 0.2) is 24.3 Å². The van der Waals surface area contributed by atoms with Gasteiger partial charge in [-0.05, 0) is 38.8 Å². The number of hydrogen-bond donors (Lipinski definition) is 0. The summed E-state index contributed by atoms with van der Waals surface area (Å²) in [5.41, 5.74) is 0.397. The third-order valence-corrected chi connectivity index (χ3v) is 3.50. The van der Waals surface area contributed by atoms with Crippen LogP contribution in [0.5, 0.6) is 0 Å². The molecule has 2 atom stereocenters. The zero-order chi connectivity index (χ0) is 15.4. The Bertz CT molecular complexity index is 503. The van der Waals surface area contributed by atoms with Gasteiger partial charge in [0.05, 0.1) is 23.2 Å². The van der Waals surface area contributed by atoms with Crippen molar-refractivity contribution in [2.45, 2.75) is 45.0 Å². The minimum Gasteiger partial charge on any atom is -0.375 e. The highest BCUT2D eigenvalue weighted by Gasteiger charge is 2.25. The average Bonchev–Trinajstić information content (AvgIpc) is 2.44. The molecule has 114 valence electrons. The van der Waals surface area contributed by atoms with Crippen LogP contribution in [0.2, 0.25) is 0 Å². The molecule has 0 amide bonds. The van der Waals surface area contributed by atoms with E-state index in [4.69, 9.17) is 9.47 Å². The summed E-state index contributed by atoms with van der Waals surface area (Å²) < 4.78 is 11.3. The number of carbonyl (C=O) groups is 1. The van der Waals surface area contributed by atoms with E-state index in [9.17, 15) is 14.9 Å². The summed E-state index contributed by atoms with van der Waals surface area (Å²) >= 11 is 0. The number of Topliss-reactive ketones (excluding diaryl/α,β-unsaturated/α-hetero) is 1. The van der Waals surface area contributed by atoms with Gasteiger partial charge in [0.1, 0.15) is 6.61 Å². The second-order valence-corrected chi connectivity index (χ2v) is 5.39. The Kier molecular flexibility index (Phi) is 5.03. The van der Waals surface area contributed by atoms with Gasteiger partial charge in [-0.2, -0.15) is 0 Å². The first-order chi connectivity index (χ1) is 9.95. The van der Waals surface area contributed by atoms with Gasteiger partial charge in [-0.3, -0.25) is 14.9 Å². The van der Waals surface area contributed by atoms with E-state index in [0.717, 1.165) is 12.8 Å². The zero-order valence-electron chi connectivity index (χ0n) is 12.2. The largest absolute Gasteiger partial charge is 0.375 e. The molecule has 1 aliphatic rings. The van der Waals surface area contributed by atoms with Crippen molar-refractivity contribution >= 4 is 11.5 Å². The number of nitro benzene ring substituents is 1. The van der Waals surface area contributed by atoms with Gasteiger partial charge < -0.3 is 9.47 Å². The van der Waals surface area contributed by atoms with E-state index in [0.29, 0.717) is 5.56 Å². The highest BCUT2D eigenvalue weighted by Crippen LogP contribution is 2.22. The molecule has 1 aromatic rings. The second-order valence-electron chi connectivity index (χ2n) is 5.39. The number of nitrogens with zero attached hydrogens (tertiary/aromatic N) is 1. The molecule has 0 aromatic heterocycles. The van der Waals surface area contributed by atoms with E-state index in [2.05, 4.69) is 0 Å². The summed E-state index contributed by atoms with van der Waals surface area (Å²) in [7, 11) is 0. The molecule has 1 aliphatic heterocycles. The lowest BCUT2D eigenvalue weighted by Gasteiger charge is -2.31. The van der Waals surface area contributed by atoms with Gasteiger partial charge in [-0.1, -0.05) is 0 Å². The number of benzene rings is 1. The molecule has 0 radical (unpaired) electrons. The molecule has 0 N–H and O–H groups in total. The maximum Gasteiger partial charge on any atom is 0.269 e. The lowest BCUT2D eigenvalue weighted by atomic mass is 10.0. The van der Waals surface area contributed by atoms with E-state index < -0.39 is 4.92 Å². The number of non-ortho nitro benzene ring substituents is 1. The van der Waals surface area contributed by atoms with Crippen molar-refractivity contribution in [2.75, 3.05) is 6.61 Å². The van der Waals surface area contributed by atoms with E-state index in [1.54, 1.807) is 0 Å². The summed E-state index contributed by atoms with van der Waals surface area (Å²) in [6, 6.07) is 5.57. The number of ketones is 1. The van der Waals surface area contributed by atoms with Gasteiger partial charge >= 0.3 is 0 Å². The summed E-state index contributed by atoms with van der Waals surface area (Å²) in [6.07, 6.45) is 1.84. The molecule has 0 bridgehead atoms. The van der Waals surface area contributed by atoms with Crippen LogP contribution in [-0.2, 0) is 9.47 Å². The third-order valence-electron chi connectivity index (χ3n) is 3.50. The Balaban J connectivity index is 1.88. The average molecular weight is 293 g/mol. The molecule has 2 unspecified atom stereocenters. The van der Waals surface area contributed by atoms with E-state index in [1.165, 1.54) is 24.3 Å². The van der Waals surface area contributed by atoms with Crippen LogP contribution in [-0.4, -0.2) is 35.6 Å². The molecule has 1 aromatic carbocycles. The highest BCUT2D eigenvalue weighted by atomic mass is 16.6. The Labute approximate surface area is 123 Å². The molecular weight excluding hydrogens is 274 g/mol. The number of rotatable bonds is 5. The smallest absolute Gasteiger partial charge is 0.269 e. The number of carbonyl (C=O) groups excluding carboxylic acids is 1. The van der Waals surface area contributed by atoms with Gasteiger partial charge in [-0.15, -0.1) is 0 Å². The van der Waals surface area contributed by atoms with Crippen molar-refractivity contribution in [1.82, 2.24) is 0 Å². The predicted molar refractivity (Wildman–Crippen MR) is 76.4 cm³/mol. The summed E-state index contributed by atoms with van der Waals surface area (Å²) in [5.74, 6) is -0.170. The Hall–Kier alpha value is -1.79. The molecule has 21 heavy (non-hydrogen) atoms. The predicted octanol–water partition coefficient (Wildman–Crippen LogP) is 2.75. The van der Waals surface area contributed by atoms with Gasteiger partial charge in [-0.25, -0.2) is 0 Å². The first-order valence-electron chi connectivity index (χ1n) is 7.00. The first kappa shape index (κ1) is 15.6. The van der Waals surface area contributed by atoms with Crippen LogP contribution in [0, 0.1) is 10.1 Å². The fourth-order valence-electron chi connectivity index (χ4n) is 2.53. The van der Waals surface area contributed by atoms with Crippen LogP contribution in [0.25, 0.3) is 0 Å². The topological polar surface area (TPSA) is 78.7 Å². The summed E-state index contributed by atoms with van der Waals surface area (Å²) in [5, 5.41) is 10.6. The Morgan fingerprint density at radius 2 is 1.86 bits per heavy atom. The van der Waals surface area contributed by atoms with Gasteiger partial charge in [0.15, 0.2) is 5.78 Å². The normalized spacial score (nSPS) is 25.5. The van der Waals surface area contributed by atoms with Crippen LogP contribution in [0.3, 0.4) is 0 Å². The molecule has 1 heterocycles. The van der Waals surface area contributed by atoms with Crippen LogP contribution in [0.1, 0.15) is 37.0 Å². The molecule has 0 aliphatic carbocycles. The van der Waals surface area contributed by atoms with E-state index in [1.807, 2.05) is 13.8 Å². The van der Waals surface area contributed by atoms with E-state index >= 15 is 0 Å². The Morgan fingerprint density at radius 1 is 1.29 bits per heavy atom. The highest BCUT2D eigenvalue weighted by molar-refractivity contribution is 5.97. The molecule has 6 heteroatoms. The molecular formula is C15H19NO5. The fraction of sp³-hybridized carbons (Fsp3) is 0.533. The maximum absolute atomic E-state index is 12.0. The van der Waals surface area contributed by atoms with Crippen molar-refractivity contribution in [3.63, 3.8) is 0 Å². The molecule has 0 saturated carbocycles. The second kappa shape index (κ2) is 6.78. The van der Waals surface area contributed by atoms with Crippen molar-refractivity contribution in [1.29, 1.82) is 0 Å². The van der Waals surface area contributed by atoms with Crippen molar-refractivity contribution in [3.8, 4) is 0 Å². The summed E-state index contributed by atoms with van der Waals surface area (Å²) in [4.78, 5) is 22.1. The van der Waals surface area contributed by atoms with Crippen molar-refractivity contribution in [3.05, 3.63) is 39.9 Å². The SMILES string of the molecule is CC1CC(OCC(=O)c2ccc([N+](=O)[O-])cc2)CC(C)O1. The molecule has 6 nitrogen and oxygen atoms in total. The molecule has 1 saturated heterocycles. The van der Waals surface area contributed by atoms with E-state index in [-0.39, 0.29) is 36.4 Å². The van der Waals surface area contributed by atoms with Gasteiger partial charge in [0, 0.05) is 17.7 Å². The number of nitro groups is 1.